The van der Waals surface area contributed by atoms with Crippen LogP contribution in [0.3, 0.4) is 0 Å². The van der Waals surface area contributed by atoms with Crippen molar-refractivity contribution in [3.63, 3.8) is 0 Å². The van der Waals surface area contributed by atoms with Gasteiger partial charge in [0.2, 0.25) is 0 Å². The molecule has 3 heteroatoms. The predicted octanol–water partition coefficient (Wildman–Crippen LogP) is 3.15. The molecule has 19 heavy (non-hydrogen) atoms. The quantitative estimate of drug-likeness (QED) is 0.882. The molecule has 0 amide bonds. The van der Waals surface area contributed by atoms with E-state index in [1.165, 1.54) is 57.3 Å². The maximum absolute atomic E-state index is 4.64. The molecule has 3 rings (SSSR count). The first kappa shape index (κ1) is 13.2. The van der Waals surface area contributed by atoms with Gasteiger partial charge in [0, 0.05) is 30.9 Å². The Morgan fingerprint density at radius 2 is 2.26 bits per heavy atom. The summed E-state index contributed by atoms with van der Waals surface area (Å²) in [6.45, 7) is 4.55. The largest absolute Gasteiger partial charge is 0.335 e. The molecule has 0 aromatic carbocycles. The zero-order chi connectivity index (χ0) is 13.1. The lowest BCUT2D eigenvalue weighted by Crippen LogP contribution is -2.49. The van der Waals surface area contributed by atoms with Gasteiger partial charge in [0.1, 0.15) is 5.82 Å². The molecule has 2 aliphatic rings. The minimum atomic E-state index is 0.355. The van der Waals surface area contributed by atoms with Crippen molar-refractivity contribution in [2.75, 3.05) is 6.54 Å². The van der Waals surface area contributed by atoms with E-state index in [9.17, 15) is 0 Å². The van der Waals surface area contributed by atoms with Crippen molar-refractivity contribution in [1.29, 1.82) is 0 Å². The molecule has 1 N–H and O–H groups in total. The molecular weight excluding hydrogens is 234 g/mol. The van der Waals surface area contributed by atoms with Crippen molar-refractivity contribution >= 4 is 0 Å². The Balaban J connectivity index is 1.78. The van der Waals surface area contributed by atoms with Crippen LogP contribution in [0.1, 0.15) is 57.7 Å². The van der Waals surface area contributed by atoms with Crippen LogP contribution in [0.25, 0.3) is 0 Å². The molecule has 1 aromatic heterocycles. The molecule has 0 spiro atoms. The van der Waals surface area contributed by atoms with Gasteiger partial charge >= 0.3 is 0 Å². The van der Waals surface area contributed by atoms with Gasteiger partial charge in [0.15, 0.2) is 0 Å². The molecule has 1 saturated carbocycles. The van der Waals surface area contributed by atoms with E-state index in [1.54, 1.807) is 0 Å². The standard InChI is InChI=1S/C16H27N3/c1-2-11-19-12-10-17-15(19)13-16(14-6-7-14)8-4-3-5-9-18-16/h10,12,14,18H,2-9,11,13H2,1H3. The summed E-state index contributed by atoms with van der Waals surface area (Å²) in [5.41, 5.74) is 0.355. The summed E-state index contributed by atoms with van der Waals surface area (Å²) in [4.78, 5) is 4.64. The van der Waals surface area contributed by atoms with Crippen molar-refractivity contribution in [2.45, 2.75) is 70.4 Å². The van der Waals surface area contributed by atoms with E-state index in [0.717, 1.165) is 18.9 Å². The van der Waals surface area contributed by atoms with Crippen molar-refractivity contribution in [1.82, 2.24) is 14.9 Å². The molecule has 106 valence electrons. The summed E-state index contributed by atoms with van der Waals surface area (Å²) in [7, 11) is 0. The highest BCUT2D eigenvalue weighted by Gasteiger charge is 2.45. The zero-order valence-corrected chi connectivity index (χ0v) is 12.2. The third-order valence-electron chi connectivity index (χ3n) is 4.88. The molecular formula is C16H27N3. The molecule has 1 unspecified atom stereocenters. The maximum Gasteiger partial charge on any atom is 0.110 e. The number of aromatic nitrogens is 2. The Morgan fingerprint density at radius 1 is 1.37 bits per heavy atom. The molecule has 2 fully saturated rings. The van der Waals surface area contributed by atoms with Crippen LogP contribution < -0.4 is 5.32 Å². The summed E-state index contributed by atoms with van der Waals surface area (Å²) in [5, 5.41) is 3.91. The number of nitrogens with zero attached hydrogens (tertiary/aromatic N) is 2. The third-order valence-corrected chi connectivity index (χ3v) is 4.88. The number of rotatable bonds is 5. The molecule has 2 heterocycles. The molecule has 1 saturated heterocycles. The summed E-state index contributed by atoms with van der Waals surface area (Å²) >= 11 is 0. The van der Waals surface area contributed by atoms with Crippen molar-refractivity contribution < 1.29 is 0 Å². The summed E-state index contributed by atoms with van der Waals surface area (Å²) < 4.78 is 2.36. The zero-order valence-electron chi connectivity index (χ0n) is 12.2. The lowest BCUT2D eigenvalue weighted by atomic mass is 9.84. The third kappa shape index (κ3) is 2.86. The number of imidazole rings is 1. The van der Waals surface area contributed by atoms with Gasteiger partial charge in [0.25, 0.3) is 0 Å². The van der Waals surface area contributed by atoms with Gasteiger partial charge in [-0.2, -0.15) is 0 Å². The minimum Gasteiger partial charge on any atom is -0.335 e. The number of hydrogen-bond acceptors (Lipinski definition) is 2. The monoisotopic (exact) mass is 261 g/mol. The van der Waals surface area contributed by atoms with Gasteiger partial charge in [-0.1, -0.05) is 19.8 Å². The number of nitrogens with one attached hydrogen (secondary N) is 1. The SMILES string of the molecule is CCCn1ccnc1CC1(C2CC2)CCCCCN1. The number of aryl methyl sites for hydroxylation is 1. The van der Waals surface area contributed by atoms with Crippen LogP contribution in [0.15, 0.2) is 12.4 Å². The van der Waals surface area contributed by atoms with Gasteiger partial charge in [-0.3, -0.25) is 0 Å². The van der Waals surface area contributed by atoms with Crippen molar-refractivity contribution in [3.05, 3.63) is 18.2 Å². The Labute approximate surface area is 116 Å². The Kier molecular flexibility index (Phi) is 3.92. The van der Waals surface area contributed by atoms with E-state index >= 15 is 0 Å². The highest BCUT2D eigenvalue weighted by atomic mass is 15.1. The lowest BCUT2D eigenvalue weighted by molar-refractivity contribution is 0.263. The van der Waals surface area contributed by atoms with Crippen molar-refractivity contribution in [2.24, 2.45) is 5.92 Å². The molecule has 0 radical (unpaired) electrons. The fraction of sp³-hybridized carbons (Fsp3) is 0.812. The molecule has 3 nitrogen and oxygen atoms in total. The second-order valence-electron chi connectivity index (χ2n) is 6.38. The molecule has 1 atom stereocenters. The minimum absolute atomic E-state index is 0.355. The molecule has 1 aliphatic heterocycles. The van der Waals surface area contributed by atoms with E-state index in [2.05, 4.69) is 28.0 Å². The van der Waals surface area contributed by atoms with E-state index in [4.69, 9.17) is 0 Å². The van der Waals surface area contributed by atoms with Gasteiger partial charge < -0.3 is 9.88 Å². The van der Waals surface area contributed by atoms with Crippen LogP contribution in [0.4, 0.5) is 0 Å². The first-order valence-corrected chi connectivity index (χ1v) is 8.09. The molecule has 0 bridgehead atoms. The second kappa shape index (κ2) is 5.66. The van der Waals surface area contributed by atoms with E-state index in [1.807, 2.05) is 6.20 Å². The molecule has 1 aliphatic carbocycles. The van der Waals surface area contributed by atoms with Gasteiger partial charge in [-0.25, -0.2) is 4.98 Å². The van der Waals surface area contributed by atoms with E-state index in [0.29, 0.717) is 5.54 Å². The first-order valence-electron chi connectivity index (χ1n) is 8.09. The normalized spacial score (nSPS) is 28.3. The van der Waals surface area contributed by atoms with E-state index < -0.39 is 0 Å². The first-order chi connectivity index (χ1) is 9.34. The van der Waals surface area contributed by atoms with Gasteiger partial charge in [0.05, 0.1) is 0 Å². The Bertz CT molecular complexity index is 398. The van der Waals surface area contributed by atoms with Crippen LogP contribution in [0.5, 0.6) is 0 Å². The van der Waals surface area contributed by atoms with Crippen LogP contribution >= 0.6 is 0 Å². The maximum atomic E-state index is 4.64. The topological polar surface area (TPSA) is 29.9 Å². The highest BCUT2D eigenvalue weighted by molar-refractivity contribution is 5.09. The highest BCUT2D eigenvalue weighted by Crippen LogP contribution is 2.44. The second-order valence-corrected chi connectivity index (χ2v) is 6.38. The van der Waals surface area contributed by atoms with E-state index in [-0.39, 0.29) is 0 Å². The Morgan fingerprint density at radius 3 is 3.05 bits per heavy atom. The van der Waals surface area contributed by atoms with Crippen molar-refractivity contribution in [3.8, 4) is 0 Å². The fourth-order valence-corrected chi connectivity index (χ4v) is 3.68. The van der Waals surface area contributed by atoms with Crippen LogP contribution in [-0.4, -0.2) is 21.6 Å². The molecule has 1 aromatic rings. The smallest absolute Gasteiger partial charge is 0.110 e. The average Bonchev–Trinajstić information content (AvgIpc) is 3.20. The summed E-state index contributed by atoms with van der Waals surface area (Å²) in [5.74, 6) is 2.19. The van der Waals surface area contributed by atoms with Crippen LogP contribution in [0.2, 0.25) is 0 Å². The number of hydrogen-bond donors (Lipinski definition) is 1. The van der Waals surface area contributed by atoms with Gasteiger partial charge in [-0.15, -0.1) is 0 Å². The summed E-state index contributed by atoms with van der Waals surface area (Å²) in [6, 6.07) is 0. The van der Waals surface area contributed by atoms with Crippen LogP contribution in [-0.2, 0) is 13.0 Å². The lowest BCUT2D eigenvalue weighted by Gasteiger charge is -2.34. The fourth-order valence-electron chi connectivity index (χ4n) is 3.68. The average molecular weight is 261 g/mol. The van der Waals surface area contributed by atoms with Crippen LogP contribution in [0, 0.1) is 5.92 Å². The predicted molar refractivity (Wildman–Crippen MR) is 78.1 cm³/mol. The Hall–Kier alpha value is -0.830. The van der Waals surface area contributed by atoms with Gasteiger partial charge in [-0.05, 0) is 44.6 Å². The summed E-state index contributed by atoms with van der Waals surface area (Å²) in [6.07, 6.45) is 14.7.